The van der Waals surface area contributed by atoms with Crippen LogP contribution in [0, 0.1) is 11.6 Å². The van der Waals surface area contributed by atoms with Crippen LogP contribution < -0.4 is 5.32 Å². The zero-order valence-corrected chi connectivity index (χ0v) is 15.6. The molecule has 1 atom stereocenters. The summed E-state index contributed by atoms with van der Waals surface area (Å²) >= 11 is 0. The summed E-state index contributed by atoms with van der Waals surface area (Å²) in [5.41, 5.74) is 1.21. The fourth-order valence-electron chi connectivity index (χ4n) is 3.02. The van der Waals surface area contributed by atoms with Crippen LogP contribution in [-0.4, -0.2) is 10.9 Å². The molecule has 28 heavy (non-hydrogen) atoms. The number of hydrogen-bond donors (Lipinski definition) is 1. The molecule has 0 saturated heterocycles. The van der Waals surface area contributed by atoms with E-state index in [4.69, 9.17) is 4.42 Å². The van der Waals surface area contributed by atoms with Gasteiger partial charge < -0.3 is 9.73 Å². The van der Waals surface area contributed by atoms with Crippen LogP contribution in [0.25, 0.3) is 11.3 Å². The quantitative estimate of drug-likeness (QED) is 0.580. The maximum atomic E-state index is 13.8. The Bertz CT molecular complexity index is 925. The number of aromatic nitrogens is 1. The lowest BCUT2D eigenvalue weighted by molar-refractivity contribution is -0.121. The molecular formula is C22H22F2N2O2. The third-order valence-corrected chi connectivity index (χ3v) is 4.43. The number of halogens is 2. The monoisotopic (exact) mass is 384 g/mol. The van der Waals surface area contributed by atoms with E-state index in [1.807, 2.05) is 30.3 Å². The lowest BCUT2D eigenvalue weighted by Crippen LogP contribution is -2.28. The van der Waals surface area contributed by atoms with Gasteiger partial charge in [0.05, 0.1) is 17.8 Å². The molecule has 0 radical (unpaired) electrons. The molecular weight excluding hydrogens is 362 g/mol. The first-order valence-corrected chi connectivity index (χ1v) is 9.31. The predicted octanol–water partition coefficient (Wildman–Crippen LogP) is 5.21. The largest absolute Gasteiger partial charge is 0.441 e. The Morgan fingerprint density at radius 1 is 1.18 bits per heavy atom. The number of carbonyl (C=O) groups is 1. The van der Waals surface area contributed by atoms with Gasteiger partial charge in [-0.25, -0.2) is 13.8 Å². The van der Waals surface area contributed by atoms with Crippen LogP contribution in [0.15, 0.2) is 59.1 Å². The van der Waals surface area contributed by atoms with Gasteiger partial charge >= 0.3 is 0 Å². The Balaban J connectivity index is 1.59. The molecule has 4 nitrogen and oxygen atoms in total. The van der Waals surface area contributed by atoms with Crippen LogP contribution in [0.1, 0.15) is 43.7 Å². The molecule has 1 aromatic heterocycles. The van der Waals surface area contributed by atoms with Gasteiger partial charge in [0.15, 0.2) is 11.7 Å². The van der Waals surface area contributed by atoms with E-state index in [-0.39, 0.29) is 29.7 Å². The summed E-state index contributed by atoms with van der Waals surface area (Å²) in [6.07, 6.45) is 3.68. The molecule has 2 aromatic carbocycles. The van der Waals surface area contributed by atoms with Crippen LogP contribution in [0.4, 0.5) is 8.78 Å². The van der Waals surface area contributed by atoms with E-state index in [1.54, 1.807) is 0 Å². The van der Waals surface area contributed by atoms with Gasteiger partial charge in [-0.15, -0.1) is 0 Å². The predicted molar refractivity (Wildman–Crippen MR) is 102 cm³/mol. The van der Waals surface area contributed by atoms with Crippen molar-refractivity contribution in [2.45, 2.75) is 38.6 Å². The summed E-state index contributed by atoms with van der Waals surface area (Å²) in [7, 11) is 0. The normalized spacial score (nSPS) is 12.0. The minimum atomic E-state index is -0.717. The lowest BCUT2D eigenvalue weighted by atomic mass is 10.0. The second kappa shape index (κ2) is 9.26. The fraction of sp³-hybridized carbons (Fsp3) is 0.273. The highest BCUT2D eigenvalue weighted by atomic mass is 19.1. The van der Waals surface area contributed by atoms with E-state index >= 15 is 0 Å². The van der Waals surface area contributed by atoms with Crippen molar-refractivity contribution in [3.05, 3.63) is 77.8 Å². The van der Waals surface area contributed by atoms with Gasteiger partial charge in [-0.3, -0.25) is 4.79 Å². The standard InChI is InChI=1S/C22H22F2N2O2/c1-2-6-19(15-7-4-3-5-8-15)26-21(27)11-12-22-25-14-20(28-22)17-10-9-16(23)13-18(17)24/h3-5,7-10,13-14,19H,2,6,11-12H2,1H3,(H,26,27)/t19-/m0/s1. The maximum absolute atomic E-state index is 13.8. The molecule has 1 N–H and O–H groups in total. The number of amides is 1. The van der Waals surface area contributed by atoms with Crippen molar-refractivity contribution in [2.75, 3.05) is 0 Å². The molecule has 146 valence electrons. The minimum Gasteiger partial charge on any atom is -0.441 e. The lowest BCUT2D eigenvalue weighted by Gasteiger charge is -2.18. The Hall–Kier alpha value is -3.02. The van der Waals surface area contributed by atoms with Crippen molar-refractivity contribution in [2.24, 2.45) is 0 Å². The third-order valence-electron chi connectivity index (χ3n) is 4.43. The summed E-state index contributed by atoms with van der Waals surface area (Å²) in [6.45, 7) is 2.07. The highest BCUT2D eigenvalue weighted by Gasteiger charge is 2.16. The number of rotatable bonds is 8. The van der Waals surface area contributed by atoms with Gasteiger partial charge in [-0.2, -0.15) is 0 Å². The van der Waals surface area contributed by atoms with E-state index in [0.29, 0.717) is 12.3 Å². The molecule has 6 heteroatoms. The van der Waals surface area contributed by atoms with Crippen molar-refractivity contribution < 1.29 is 18.0 Å². The number of oxazole rings is 1. The topological polar surface area (TPSA) is 55.1 Å². The van der Waals surface area contributed by atoms with Crippen molar-refractivity contribution in [3.63, 3.8) is 0 Å². The molecule has 0 aliphatic carbocycles. The van der Waals surface area contributed by atoms with Crippen LogP contribution in [0.3, 0.4) is 0 Å². The zero-order chi connectivity index (χ0) is 19.9. The molecule has 0 saturated carbocycles. The third kappa shape index (κ3) is 5.03. The zero-order valence-electron chi connectivity index (χ0n) is 15.6. The van der Waals surface area contributed by atoms with Gasteiger partial charge in [0.2, 0.25) is 5.91 Å². The first-order chi connectivity index (χ1) is 13.6. The van der Waals surface area contributed by atoms with Gasteiger partial charge in [0, 0.05) is 18.9 Å². The fourth-order valence-corrected chi connectivity index (χ4v) is 3.02. The molecule has 0 aliphatic heterocycles. The molecule has 3 rings (SSSR count). The van der Waals surface area contributed by atoms with Gasteiger partial charge in [0.1, 0.15) is 11.6 Å². The Kier molecular flexibility index (Phi) is 6.53. The second-order valence-corrected chi connectivity index (χ2v) is 6.56. The van der Waals surface area contributed by atoms with E-state index in [0.717, 1.165) is 30.5 Å². The van der Waals surface area contributed by atoms with Crippen LogP contribution in [0.2, 0.25) is 0 Å². The van der Waals surface area contributed by atoms with Crippen LogP contribution in [0.5, 0.6) is 0 Å². The maximum Gasteiger partial charge on any atom is 0.220 e. The molecule has 0 aliphatic rings. The number of benzene rings is 2. The number of carbonyl (C=O) groups excluding carboxylic acids is 1. The van der Waals surface area contributed by atoms with E-state index in [9.17, 15) is 13.6 Å². The highest BCUT2D eigenvalue weighted by Crippen LogP contribution is 2.25. The first-order valence-electron chi connectivity index (χ1n) is 9.31. The SMILES string of the molecule is CCC[C@H](NC(=O)CCc1ncc(-c2ccc(F)cc2F)o1)c1ccccc1. The van der Waals surface area contributed by atoms with Crippen LogP contribution in [-0.2, 0) is 11.2 Å². The van der Waals surface area contributed by atoms with Gasteiger partial charge in [-0.1, -0.05) is 43.7 Å². The number of aryl methyl sites for hydroxylation is 1. The number of nitrogens with zero attached hydrogens (tertiary/aromatic N) is 1. The average molecular weight is 384 g/mol. The van der Waals surface area contributed by atoms with E-state index in [2.05, 4.69) is 17.2 Å². The molecule has 1 amide bonds. The summed E-state index contributed by atoms with van der Waals surface area (Å²) < 4.78 is 32.4. The minimum absolute atomic E-state index is 0.0351. The highest BCUT2D eigenvalue weighted by molar-refractivity contribution is 5.76. The summed E-state index contributed by atoms with van der Waals surface area (Å²) in [6, 6.07) is 13.1. The van der Waals surface area contributed by atoms with Crippen molar-refractivity contribution in [1.29, 1.82) is 0 Å². The average Bonchev–Trinajstić information content (AvgIpc) is 3.15. The number of hydrogen-bond acceptors (Lipinski definition) is 3. The Morgan fingerprint density at radius 3 is 2.68 bits per heavy atom. The Morgan fingerprint density at radius 2 is 1.96 bits per heavy atom. The van der Waals surface area contributed by atoms with Gasteiger partial charge in [-0.05, 0) is 24.1 Å². The molecule has 0 unspecified atom stereocenters. The van der Waals surface area contributed by atoms with Gasteiger partial charge in [0.25, 0.3) is 0 Å². The van der Waals surface area contributed by atoms with Crippen LogP contribution >= 0.6 is 0 Å². The van der Waals surface area contributed by atoms with E-state index in [1.165, 1.54) is 12.3 Å². The summed E-state index contributed by atoms with van der Waals surface area (Å²) in [5.74, 6) is -0.930. The number of nitrogens with one attached hydrogen (secondary N) is 1. The van der Waals surface area contributed by atoms with Crippen molar-refractivity contribution in [1.82, 2.24) is 10.3 Å². The second-order valence-electron chi connectivity index (χ2n) is 6.56. The first kappa shape index (κ1) is 19.7. The summed E-state index contributed by atoms with van der Waals surface area (Å²) in [5, 5.41) is 3.05. The summed E-state index contributed by atoms with van der Waals surface area (Å²) in [4.78, 5) is 16.5. The molecule has 0 fully saturated rings. The van der Waals surface area contributed by atoms with E-state index < -0.39 is 11.6 Å². The Labute approximate surface area is 162 Å². The van der Waals surface area contributed by atoms with Crippen molar-refractivity contribution >= 4 is 5.91 Å². The smallest absolute Gasteiger partial charge is 0.220 e. The van der Waals surface area contributed by atoms with Crippen molar-refractivity contribution in [3.8, 4) is 11.3 Å². The molecule has 3 aromatic rings. The molecule has 0 bridgehead atoms. The molecule has 0 spiro atoms. The molecule has 1 heterocycles.